The van der Waals surface area contributed by atoms with Crippen molar-refractivity contribution in [2.75, 3.05) is 10.0 Å². The molecule has 1 aromatic carbocycles. The van der Waals surface area contributed by atoms with Crippen LogP contribution in [0.4, 0.5) is 11.6 Å². The van der Waals surface area contributed by atoms with Gasteiger partial charge in [-0.1, -0.05) is 12.1 Å². The normalized spacial score (nSPS) is 13.6. The lowest BCUT2D eigenvalue weighted by Gasteiger charge is -2.23. The lowest BCUT2D eigenvalue weighted by atomic mass is 9.88. The first-order valence-electron chi connectivity index (χ1n) is 11.0. The smallest absolute Gasteiger partial charge is 0.236 e. The number of nitrogens with one attached hydrogen (secondary N) is 2. The van der Waals surface area contributed by atoms with E-state index in [0.29, 0.717) is 34.2 Å². The summed E-state index contributed by atoms with van der Waals surface area (Å²) in [6.45, 7) is 7.60. The summed E-state index contributed by atoms with van der Waals surface area (Å²) in [6.07, 6.45) is 7.42. The summed E-state index contributed by atoms with van der Waals surface area (Å²) < 4.78 is 8.81. The highest BCUT2D eigenvalue weighted by Crippen LogP contribution is 2.34. The van der Waals surface area contributed by atoms with Crippen molar-refractivity contribution in [2.45, 2.75) is 57.3 Å². The van der Waals surface area contributed by atoms with Crippen LogP contribution in [0.5, 0.6) is 5.88 Å². The third-order valence-electron chi connectivity index (χ3n) is 5.11. The fraction of sp³-hybridized carbons (Fsp3) is 0.375. The zero-order valence-electron chi connectivity index (χ0n) is 19.2. The van der Waals surface area contributed by atoms with Crippen LogP contribution in [-0.2, 0) is 10.2 Å². The molecule has 2 N–H and O–H groups in total. The van der Waals surface area contributed by atoms with E-state index in [-0.39, 0.29) is 12.0 Å². The number of carbonyl (C=O) groups is 1. The molecule has 0 radical (unpaired) electrons. The Hall–Kier alpha value is -3.20. The van der Waals surface area contributed by atoms with Crippen molar-refractivity contribution >= 4 is 29.5 Å². The van der Waals surface area contributed by atoms with Crippen LogP contribution >= 0.6 is 11.9 Å². The van der Waals surface area contributed by atoms with Gasteiger partial charge in [0, 0.05) is 22.7 Å². The van der Waals surface area contributed by atoms with Gasteiger partial charge in [-0.05, 0) is 70.7 Å². The Morgan fingerprint density at radius 3 is 2.58 bits per heavy atom. The Kier molecular flexibility index (Phi) is 6.78. The monoisotopic (exact) mass is 464 g/mol. The van der Waals surface area contributed by atoms with Crippen LogP contribution in [0.2, 0.25) is 0 Å². The second-order valence-corrected chi connectivity index (χ2v) is 9.86. The molecule has 1 saturated carbocycles. The number of ether oxygens (including phenoxy) is 1. The molecule has 33 heavy (non-hydrogen) atoms. The summed E-state index contributed by atoms with van der Waals surface area (Å²) in [6, 6.07) is 9.27. The second kappa shape index (κ2) is 9.74. The van der Waals surface area contributed by atoms with Crippen LogP contribution in [0.1, 0.15) is 46.2 Å². The first-order chi connectivity index (χ1) is 15.8. The van der Waals surface area contributed by atoms with Crippen molar-refractivity contribution in [3.8, 4) is 17.1 Å². The summed E-state index contributed by atoms with van der Waals surface area (Å²) in [5.41, 5.74) is 2.10. The van der Waals surface area contributed by atoms with E-state index < -0.39 is 5.41 Å². The molecule has 0 bridgehead atoms. The molecule has 9 heteroatoms. The van der Waals surface area contributed by atoms with Crippen molar-refractivity contribution in [1.82, 2.24) is 19.9 Å². The second-order valence-electron chi connectivity index (χ2n) is 8.75. The molecule has 1 aliphatic rings. The third kappa shape index (κ3) is 5.98. The lowest BCUT2D eigenvalue weighted by Crippen LogP contribution is -2.35. The number of benzene rings is 1. The molecule has 1 fully saturated rings. The highest BCUT2D eigenvalue weighted by Gasteiger charge is 2.32. The Bertz CT molecular complexity index is 1120. The maximum Gasteiger partial charge on any atom is 0.236 e. The van der Waals surface area contributed by atoms with Crippen molar-refractivity contribution in [1.29, 1.82) is 0 Å². The summed E-state index contributed by atoms with van der Waals surface area (Å²) in [5.74, 6) is 0.858. The summed E-state index contributed by atoms with van der Waals surface area (Å²) in [7, 11) is 0. The molecule has 0 unspecified atom stereocenters. The summed E-state index contributed by atoms with van der Waals surface area (Å²) in [5, 5.41) is 3.62. The molecule has 172 valence electrons. The summed E-state index contributed by atoms with van der Waals surface area (Å²) in [4.78, 5) is 30.6. The molecule has 2 aromatic heterocycles. The molecule has 3 aromatic rings. The van der Waals surface area contributed by atoms with Crippen LogP contribution in [-0.4, -0.2) is 37.2 Å². The van der Waals surface area contributed by atoms with Gasteiger partial charge in [0.25, 0.3) is 0 Å². The number of amides is 1. The third-order valence-corrected chi connectivity index (χ3v) is 6.22. The van der Waals surface area contributed by atoms with Gasteiger partial charge in [-0.15, -0.1) is 0 Å². The van der Waals surface area contributed by atoms with E-state index in [1.54, 1.807) is 36.6 Å². The van der Waals surface area contributed by atoms with Crippen LogP contribution in [0.15, 0.2) is 48.9 Å². The molecule has 4 rings (SSSR count). The lowest BCUT2D eigenvalue weighted by molar-refractivity contribution is -0.120. The minimum Gasteiger partial charge on any atom is -0.474 e. The van der Waals surface area contributed by atoms with Gasteiger partial charge in [-0.3, -0.25) is 14.5 Å². The SMILES string of the molecule is CC(C)Oc1cncc(-c2ccc(NC(=O)C(C)(C)c3ccnc(NSC4CC4)n3)cc2)n1. The number of aromatic nitrogens is 4. The Morgan fingerprint density at radius 2 is 1.88 bits per heavy atom. The topological polar surface area (TPSA) is 102 Å². The van der Waals surface area contributed by atoms with Gasteiger partial charge < -0.3 is 10.1 Å². The van der Waals surface area contributed by atoms with E-state index in [1.807, 2.05) is 52.0 Å². The molecule has 0 atom stereocenters. The number of carbonyl (C=O) groups excluding carboxylic acids is 1. The predicted molar refractivity (Wildman–Crippen MR) is 131 cm³/mol. The van der Waals surface area contributed by atoms with Crippen LogP contribution in [0.3, 0.4) is 0 Å². The van der Waals surface area contributed by atoms with Gasteiger partial charge in [0.05, 0.1) is 35.3 Å². The first kappa shape index (κ1) is 23.0. The van der Waals surface area contributed by atoms with E-state index >= 15 is 0 Å². The van der Waals surface area contributed by atoms with Crippen LogP contribution in [0.25, 0.3) is 11.3 Å². The molecule has 0 saturated heterocycles. The van der Waals surface area contributed by atoms with E-state index in [4.69, 9.17) is 4.74 Å². The molecule has 0 spiro atoms. The zero-order valence-corrected chi connectivity index (χ0v) is 20.0. The molecule has 1 amide bonds. The zero-order chi connectivity index (χ0) is 23.4. The predicted octanol–water partition coefficient (Wildman–Crippen LogP) is 4.86. The minimum absolute atomic E-state index is 0.0224. The van der Waals surface area contributed by atoms with Crippen molar-refractivity contribution in [3.63, 3.8) is 0 Å². The maximum atomic E-state index is 13.1. The maximum absolute atomic E-state index is 13.1. The fourth-order valence-electron chi connectivity index (χ4n) is 2.99. The Balaban J connectivity index is 1.43. The molecule has 0 aliphatic heterocycles. The number of nitrogens with zero attached hydrogens (tertiary/aromatic N) is 4. The average molecular weight is 465 g/mol. The van der Waals surface area contributed by atoms with Gasteiger partial charge >= 0.3 is 0 Å². The number of rotatable bonds is 9. The van der Waals surface area contributed by atoms with Gasteiger partial charge in [0.15, 0.2) is 0 Å². The van der Waals surface area contributed by atoms with Gasteiger partial charge in [0.2, 0.25) is 17.7 Å². The molecular weight excluding hydrogens is 436 g/mol. The van der Waals surface area contributed by atoms with E-state index in [2.05, 4.69) is 30.0 Å². The molecule has 2 heterocycles. The summed E-state index contributed by atoms with van der Waals surface area (Å²) >= 11 is 1.64. The van der Waals surface area contributed by atoms with Crippen molar-refractivity contribution in [2.24, 2.45) is 0 Å². The molecule has 1 aliphatic carbocycles. The number of hydrogen-bond acceptors (Lipinski definition) is 8. The number of hydrogen-bond donors (Lipinski definition) is 2. The average Bonchev–Trinajstić information content (AvgIpc) is 3.63. The van der Waals surface area contributed by atoms with Crippen molar-refractivity contribution < 1.29 is 9.53 Å². The minimum atomic E-state index is -0.837. The standard InChI is InChI=1S/C24H28N6O2S/c1-15(2)32-21-14-25-13-19(28-21)16-5-7-17(8-6-16)27-22(31)24(3,4)20-11-12-26-23(29-20)30-33-18-9-10-18/h5-8,11-15,18H,9-10H2,1-4H3,(H,27,31)(H,26,29,30). The largest absolute Gasteiger partial charge is 0.474 e. The van der Waals surface area contributed by atoms with E-state index in [9.17, 15) is 4.79 Å². The van der Waals surface area contributed by atoms with E-state index in [0.717, 1.165) is 5.56 Å². The quantitative estimate of drug-likeness (QED) is 0.433. The van der Waals surface area contributed by atoms with Crippen LogP contribution < -0.4 is 14.8 Å². The fourth-order valence-corrected chi connectivity index (χ4v) is 3.73. The molecule has 8 nitrogen and oxygen atoms in total. The highest BCUT2D eigenvalue weighted by molar-refractivity contribution is 8.01. The highest BCUT2D eigenvalue weighted by atomic mass is 32.2. The van der Waals surface area contributed by atoms with Crippen molar-refractivity contribution in [3.05, 3.63) is 54.6 Å². The molecular formula is C24H28N6O2S. The first-order valence-corrected chi connectivity index (χ1v) is 11.8. The van der Waals surface area contributed by atoms with Gasteiger partial charge in [0.1, 0.15) is 0 Å². The number of anilines is 2. The Morgan fingerprint density at radius 1 is 1.12 bits per heavy atom. The van der Waals surface area contributed by atoms with Gasteiger partial charge in [-0.25, -0.2) is 15.0 Å². The van der Waals surface area contributed by atoms with Gasteiger partial charge in [-0.2, -0.15) is 0 Å². The van der Waals surface area contributed by atoms with Crippen LogP contribution in [0, 0.1) is 0 Å². The van der Waals surface area contributed by atoms with E-state index in [1.165, 1.54) is 12.8 Å². The Labute approximate surface area is 198 Å².